The predicted octanol–water partition coefficient (Wildman–Crippen LogP) is 4.69. The van der Waals surface area contributed by atoms with Crippen molar-refractivity contribution < 1.29 is 18.9 Å². The molecule has 1 aliphatic heterocycles. The van der Waals surface area contributed by atoms with Crippen LogP contribution in [0.3, 0.4) is 0 Å². The zero-order valence-electron chi connectivity index (χ0n) is 22.6. The molecule has 0 fully saturated rings. The lowest BCUT2D eigenvalue weighted by atomic mass is 9.95. The number of halogens is 1. The molecule has 10 nitrogen and oxygen atoms in total. The van der Waals surface area contributed by atoms with Crippen LogP contribution in [-0.2, 0) is 9.53 Å². The molecular weight excluding hydrogens is 568 g/mol. The molecule has 12 heteroatoms. The third-order valence-electron chi connectivity index (χ3n) is 6.57. The molecule has 210 valence electrons. The summed E-state index contributed by atoms with van der Waals surface area (Å²) in [5, 5.41) is 11.3. The lowest BCUT2D eigenvalue weighted by Crippen LogP contribution is -2.39. The van der Waals surface area contributed by atoms with E-state index >= 15 is 0 Å². The Hall–Kier alpha value is -4.48. The van der Waals surface area contributed by atoms with Crippen LogP contribution in [0, 0.1) is 10.1 Å². The number of allylic oxidation sites excluding steroid dienone is 1. The molecule has 41 heavy (non-hydrogen) atoms. The van der Waals surface area contributed by atoms with Crippen LogP contribution in [0.15, 0.2) is 80.1 Å². The minimum atomic E-state index is -0.731. The molecule has 0 saturated heterocycles. The van der Waals surface area contributed by atoms with Gasteiger partial charge in [-0.05, 0) is 55.8 Å². The van der Waals surface area contributed by atoms with E-state index in [-0.39, 0.29) is 22.9 Å². The van der Waals surface area contributed by atoms with Gasteiger partial charge in [0.25, 0.3) is 11.2 Å². The molecule has 2 aromatic heterocycles. The number of carbonyl (C=O) groups excluding carboxylic acids is 1. The zero-order chi connectivity index (χ0) is 29.4. The minimum Gasteiger partial charge on any atom is -0.463 e. The first-order valence-corrected chi connectivity index (χ1v) is 13.8. The number of nitro groups is 1. The van der Waals surface area contributed by atoms with Gasteiger partial charge in [0.2, 0.25) is 0 Å². The maximum Gasteiger partial charge on any atom is 0.338 e. The normalized spacial score (nSPS) is 15.0. The molecule has 0 spiro atoms. The van der Waals surface area contributed by atoms with Crippen molar-refractivity contribution in [2.45, 2.75) is 19.9 Å². The van der Waals surface area contributed by atoms with E-state index in [9.17, 15) is 19.7 Å². The number of rotatable bonds is 7. The number of esters is 1. The fraction of sp³-hybridized carbons (Fsp3) is 0.207. The Kier molecular flexibility index (Phi) is 7.65. The molecule has 0 radical (unpaired) electrons. The quantitative estimate of drug-likeness (QED) is 0.173. The van der Waals surface area contributed by atoms with E-state index in [4.69, 9.17) is 20.8 Å². The second kappa shape index (κ2) is 11.2. The standard InChI is InChI=1S/C29H25ClN4O6S/c1-5-39-28(36)25-16(2)31-29-33(26(25)17-6-9-19(10-7-17)32(3)4)27(35)24(41-29)15-20-11-13-23(40-20)18-8-12-21(30)22(14-18)34(37)38/h6-15,26H,5H2,1-4H3. The number of anilines is 1. The molecule has 3 heterocycles. The highest BCUT2D eigenvalue weighted by molar-refractivity contribution is 7.07. The summed E-state index contributed by atoms with van der Waals surface area (Å²) in [6.07, 6.45) is 1.59. The van der Waals surface area contributed by atoms with Crippen LogP contribution >= 0.6 is 22.9 Å². The lowest BCUT2D eigenvalue weighted by molar-refractivity contribution is -0.384. The average Bonchev–Trinajstić information content (AvgIpc) is 3.52. The maximum absolute atomic E-state index is 13.8. The summed E-state index contributed by atoms with van der Waals surface area (Å²) < 4.78 is 13.1. The Morgan fingerprint density at radius 3 is 2.61 bits per heavy atom. The number of aromatic nitrogens is 1. The third-order valence-corrected chi connectivity index (χ3v) is 7.87. The fourth-order valence-electron chi connectivity index (χ4n) is 4.58. The van der Waals surface area contributed by atoms with Gasteiger partial charge in [0.1, 0.15) is 16.5 Å². The molecule has 0 aliphatic carbocycles. The van der Waals surface area contributed by atoms with Gasteiger partial charge in [-0.2, -0.15) is 0 Å². The number of carbonyl (C=O) groups is 1. The Labute approximate surface area is 243 Å². The van der Waals surface area contributed by atoms with Crippen molar-refractivity contribution in [2.24, 2.45) is 4.99 Å². The molecule has 1 unspecified atom stereocenters. The van der Waals surface area contributed by atoms with Crippen molar-refractivity contribution in [1.82, 2.24) is 4.57 Å². The van der Waals surface area contributed by atoms with Crippen LogP contribution in [0.4, 0.5) is 11.4 Å². The first-order chi connectivity index (χ1) is 19.6. The molecule has 2 aromatic carbocycles. The number of nitrogens with zero attached hydrogens (tertiary/aromatic N) is 4. The van der Waals surface area contributed by atoms with E-state index in [0.29, 0.717) is 37.7 Å². The first-order valence-electron chi connectivity index (χ1n) is 12.6. The highest BCUT2D eigenvalue weighted by atomic mass is 35.5. The summed E-state index contributed by atoms with van der Waals surface area (Å²) in [6.45, 7) is 3.64. The van der Waals surface area contributed by atoms with E-state index in [0.717, 1.165) is 11.3 Å². The van der Waals surface area contributed by atoms with Crippen molar-refractivity contribution >= 4 is 46.4 Å². The summed E-state index contributed by atoms with van der Waals surface area (Å²) in [5.74, 6) is 0.219. The molecule has 0 amide bonds. The van der Waals surface area contributed by atoms with Crippen LogP contribution in [0.2, 0.25) is 5.02 Å². The molecule has 0 bridgehead atoms. The Morgan fingerprint density at radius 2 is 1.95 bits per heavy atom. The van der Waals surface area contributed by atoms with Gasteiger partial charge in [-0.25, -0.2) is 9.79 Å². The number of fused-ring (bicyclic) bond motifs is 1. The van der Waals surface area contributed by atoms with E-state index in [1.807, 2.05) is 43.3 Å². The van der Waals surface area contributed by atoms with Gasteiger partial charge in [0.05, 0.1) is 33.4 Å². The van der Waals surface area contributed by atoms with Gasteiger partial charge in [0, 0.05) is 37.5 Å². The smallest absolute Gasteiger partial charge is 0.338 e. The van der Waals surface area contributed by atoms with Crippen molar-refractivity contribution in [3.05, 3.63) is 112 Å². The second-order valence-electron chi connectivity index (χ2n) is 9.41. The Morgan fingerprint density at radius 1 is 1.22 bits per heavy atom. The summed E-state index contributed by atoms with van der Waals surface area (Å²) in [5.41, 5.74) is 2.38. The van der Waals surface area contributed by atoms with Gasteiger partial charge >= 0.3 is 5.97 Å². The SMILES string of the molecule is CCOC(=O)C1=C(C)N=c2sc(=Cc3ccc(-c4ccc(Cl)c([N+](=O)[O-])c4)o3)c(=O)n2C1c1ccc(N(C)C)cc1. The van der Waals surface area contributed by atoms with Crippen molar-refractivity contribution in [3.63, 3.8) is 0 Å². The van der Waals surface area contributed by atoms with Crippen LogP contribution in [0.25, 0.3) is 17.4 Å². The molecule has 0 saturated carbocycles. The van der Waals surface area contributed by atoms with Crippen LogP contribution in [-0.4, -0.2) is 36.2 Å². The number of benzene rings is 2. The molecular formula is C29H25ClN4O6S. The summed E-state index contributed by atoms with van der Waals surface area (Å²) in [6, 6.07) is 14.6. The van der Waals surface area contributed by atoms with Gasteiger partial charge in [-0.3, -0.25) is 19.5 Å². The van der Waals surface area contributed by atoms with Crippen LogP contribution < -0.4 is 19.8 Å². The number of hydrogen-bond acceptors (Lipinski definition) is 9. The summed E-state index contributed by atoms with van der Waals surface area (Å²) in [7, 11) is 3.86. The summed E-state index contributed by atoms with van der Waals surface area (Å²) >= 11 is 7.11. The third kappa shape index (κ3) is 5.33. The largest absolute Gasteiger partial charge is 0.463 e. The van der Waals surface area contributed by atoms with Crippen molar-refractivity contribution in [1.29, 1.82) is 0 Å². The molecule has 1 atom stereocenters. The van der Waals surface area contributed by atoms with Gasteiger partial charge in [0.15, 0.2) is 4.80 Å². The van der Waals surface area contributed by atoms with E-state index in [1.165, 1.54) is 28.0 Å². The van der Waals surface area contributed by atoms with Crippen LogP contribution in [0.5, 0.6) is 0 Å². The van der Waals surface area contributed by atoms with E-state index in [2.05, 4.69) is 4.99 Å². The minimum absolute atomic E-state index is 0.0232. The van der Waals surface area contributed by atoms with E-state index in [1.54, 1.807) is 38.1 Å². The van der Waals surface area contributed by atoms with Gasteiger partial charge in [-0.15, -0.1) is 0 Å². The highest BCUT2D eigenvalue weighted by Gasteiger charge is 2.33. The molecule has 0 N–H and O–H groups in total. The summed E-state index contributed by atoms with van der Waals surface area (Å²) in [4.78, 5) is 44.6. The fourth-order valence-corrected chi connectivity index (χ4v) is 5.80. The molecule has 5 rings (SSSR count). The monoisotopic (exact) mass is 592 g/mol. The van der Waals surface area contributed by atoms with Gasteiger partial charge < -0.3 is 14.1 Å². The lowest BCUT2D eigenvalue weighted by Gasteiger charge is -2.25. The number of hydrogen-bond donors (Lipinski definition) is 0. The van der Waals surface area contributed by atoms with Gasteiger partial charge in [-0.1, -0.05) is 35.1 Å². The number of nitro benzene ring substituents is 1. The highest BCUT2D eigenvalue weighted by Crippen LogP contribution is 2.33. The molecule has 4 aromatic rings. The number of furan rings is 1. The predicted molar refractivity (Wildman–Crippen MR) is 157 cm³/mol. The average molecular weight is 593 g/mol. The number of ether oxygens (including phenoxy) is 1. The van der Waals surface area contributed by atoms with E-state index < -0.39 is 16.9 Å². The molecule has 1 aliphatic rings. The Balaban J connectivity index is 1.61. The zero-order valence-corrected chi connectivity index (χ0v) is 24.2. The number of thiazole rings is 1. The first kappa shape index (κ1) is 28.1. The topological polar surface area (TPSA) is 120 Å². The second-order valence-corrected chi connectivity index (χ2v) is 10.8. The van der Waals surface area contributed by atoms with Crippen molar-refractivity contribution in [2.75, 3.05) is 25.6 Å². The van der Waals surface area contributed by atoms with Crippen molar-refractivity contribution in [3.8, 4) is 11.3 Å². The van der Waals surface area contributed by atoms with Crippen LogP contribution in [0.1, 0.15) is 31.2 Å². The maximum atomic E-state index is 13.8. The Bertz CT molecular complexity index is 1880.